The van der Waals surface area contributed by atoms with Crippen molar-refractivity contribution in [3.8, 4) is 0 Å². The zero-order chi connectivity index (χ0) is 10.3. The maximum Gasteiger partial charge on any atom is 0.330 e. The Morgan fingerprint density at radius 2 is 2.00 bits per heavy atom. The number of carbonyl (C=O) groups excluding carboxylic acids is 1. The Kier molecular flexibility index (Phi) is 5.44. The number of hydrogen-bond acceptors (Lipinski definition) is 2. The summed E-state index contributed by atoms with van der Waals surface area (Å²) in [7, 11) is 0. The Bertz CT molecular complexity index is 175. The van der Waals surface area contributed by atoms with Crippen LogP contribution in [0.15, 0.2) is 12.2 Å². The van der Waals surface area contributed by atoms with Gasteiger partial charge in [0, 0.05) is 6.08 Å². The van der Waals surface area contributed by atoms with E-state index in [2.05, 4.69) is 6.92 Å². The molecule has 0 amide bonds. The molecule has 13 heavy (non-hydrogen) atoms. The van der Waals surface area contributed by atoms with Gasteiger partial charge in [0.1, 0.15) is 5.60 Å². The maximum atomic E-state index is 11.1. The normalized spacial score (nSPS) is 12.0. The van der Waals surface area contributed by atoms with Gasteiger partial charge in [0.2, 0.25) is 0 Å². The van der Waals surface area contributed by atoms with E-state index < -0.39 is 0 Å². The maximum absolute atomic E-state index is 11.1. The smallest absolute Gasteiger partial charge is 0.330 e. The third-order valence-corrected chi connectivity index (χ3v) is 1.39. The van der Waals surface area contributed by atoms with Gasteiger partial charge < -0.3 is 4.74 Å². The molecule has 0 spiro atoms. The Morgan fingerprint density at radius 3 is 2.46 bits per heavy atom. The van der Waals surface area contributed by atoms with Gasteiger partial charge in [0.25, 0.3) is 0 Å². The third-order valence-electron chi connectivity index (χ3n) is 1.39. The largest absolute Gasteiger partial charge is 0.457 e. The molecule has 0 aromatic rings. The average molecular weight is 184 g/mol. The minimum Gasteiger partial charge on any atom is -0.457 e. The van der Waals surface area contributed by atoms with Gasteiger partial charge in [-0.15, -0.1) is 0 Å². The van der Waals surface area contributed by atoms with Crippen LogP contribution in [-0.4, -0.2) is 11.6 Å². The molecule has 0 heterocycles. The first kappa shape index (κ1) is 12.2. The van der Waals surface area contributed by atoms with E-state index >= 15 is 0 Å². The van der Waals surface area contributed by atoms with Crippen molar-refractivity contribution in [2.24, 2.45) is 0 Å². The Hall–Kier alpha value is -0.790. The van der Waals surface area contributed by atoms with E-state index in [4.69, 9.17) is 4.74 Å². The number of carbonyl (C=O) groups is 1. The molecule has 0 aliphatic carbocycles. The van der Waals surface area contributed by atoms with Crippen LogP contribution in [0.1, 0.15) is 47.0 Å². The Morgan fingerprint density at radius 1 is 1.38 bits per heavy atom. The van der Waals surface area contributed by atoms with Crippen molar-refractivity contribution in [2.75, 3.05) is 0 Å². The van der Waals surface area contributed by atoms with Crippen LogP contribution in [0.3, 0.4) is 0 Å². The molecule has 0 unspecified atom stereocenters. The second kappa shape index (κ2) is 5.79. The molecule has 2 heteroatoms. The number of ether oxygens (including phenoxy) is 1. The molecule has 0 fully saturated rings. The summed E-state index contributed by atoms with van der Waals surface area (Å²) in [4.78, 5) is 11.1. The molecule has 0 N–H and O–H groups in total. The highest BCUT2D eigenvalue weighted by Gasteiger charge is 2.13. The van der Waals surface area contributed by atoms with Gasteiger partial charge in [-0.1, -0.05) is 25.8 Å². The second-order valence-corrected chi connectivity index (χ2v) is 4.08. The van der Waals surface area contributed by atoms with Gasteiger partial charge in [-0.25, -0.2) is 4.79 Å². The zero-order valence-corrected chi connectivity index (χ0v) is 9.09. The fourth-order valence-electron chi connectivity index (χ4n) is 0.837. The predicted molar refractivity (Wildman–Crippen MR) is 54.5 cm³/mol. The van der Waals surface area contributed by atoms with Gasteiger partial charge in [-0.3, -0.25) is 0 Å². The van der Waals surface area contributed by atoms with Crippen LogP contribution in [0.2, 0.25) is 0 Å². The van der Waals surface area contributed by atoms with Crippen LogP contribution in [0, 0.1) is 0 Å². The molecular formula is C11H20O2. The standard InChI is InChI=1S/C11H20O2/c1-5-6-7-8-9-10(12)13-11(2,3)4/h8-9H,5-7H2,1-4H3/b9-8+. The molecule has 0 aromatic carbocycles. The molecule has 0 aliphatic rings. The van der Waals surface area contributed by atoms with Crippen molar-refractivity contribution in [3.05, 3.63) is 12.2 Å². The fourth-order valence-corrected chi connectivity index (χ4v) is 0.837. The van der Waals surface area contributed by atoms with Crippen molar-refractivity contribution in [3.63, 3.8) is 0 Å². The van der Waals surface area contributed by atoms with Crippen LogP contribution < -0.4 is 0 Å². The van der Waals surface area contributed by atoms with Crippen LogP contribution >= 0.6 is 0 Å². The van der Waals surface area contributed by atoms with Crippen molar-refractivity contribution in [2.45, 2.75) is 52.6 Å². The molecule has 76 valence electrons. The first-order chi connectivity index (χ1) is 5.95. The molecule has 0 saturated carbocycles. The minimum absolute atomic E-state index is 0.247. The van der Waals surface area contributed by atoms with E-state index in [9.17, 15) is 4.79 Å². The van der Waals surface area contributed by atoms with Gasteiger partial charge >= 0.3 is 5.97 Å². The van der Waals surface area contributed by atoms with Crippen LogP contribution in [0.25, 0.3) is 0 Å². The summed E-state index contributed by atoms with van der Waals surface area (Å²) in [5, 5.41) is 0. The highest BCUT2D eigenvalue weighted by molar-refractivity contribution is 5.82. The van der Waals surface area contributed by atoms with Crippen molar-refractivity contribution >= 4 is 5.97 Å². The number of esters is 1. The van der Waals surface area contributed by atoms with E-state index in [1.165, 1.54) is 6.08 Å². The molecule has 0 saturated heterocycles. The predicted octanol–water partition coefficient (Wildman–Crippen LogP) is 3.07. The Labute approximate surface area is 81.0 Å². The summed E-state index contributed by atoms with van der Waals surface area (Å²) >= 11 is 0. The lowest BCUT2D eigenvalue weighted by Crippen LogP contribution is -2.22. The first-order valence-electron chi connectivity index (χ1n) is 4.85. The zero-order valence-electron chi connectivity index (χ0n) is 9.09. The summed E-state index contributed by atoms with van der Waals surface area (Å²) in [5.74, 6) is -0.247. The molecule has 0 aromatic heterocycles. The molecule has 0 rings (SSSR count). The molecule has 0 aliphatic heterocycles. The topological polar surface area (TPSA) is 26.3 Å². The lowest BCUT2D eigenvalue weighted by molar-refractivity contribution is -0.148. The monoisotopic (exact) mass is 184 g/mol. The lowest BCUT2D eigenvalue weighted by Gasteiger charge is -2.17. The lowest BCUT2D eigenvalue weighted by atomic mass is 10.2. The van der Waals surface area contributed by atoms with Gasteiger partial charge in [-0.2, -0.15) is 0 Å². The third kappa shape index (κ3) is 9.12. The van der Waals surface area contributed by atoms with E-state index in [-0.39, 0.29) is 11.6 Å². The molecule has 0 atom stereocenters. The van der Waals surface area contributed by atoms with E-state index in [0.29, 0.717) is 0 Å². The molecule has 2 nitrogen and oxygen atoms in total. The van der Waals surface area contributed by atoms with E-state index in [1.807, 2.05) is 26.8 Å². The van der Waals surface area contributed by atoms with Gasteiger partial charge in [-0.05, 0) is 27.2 Å². The first-order valence-corrected chi connectivity index (χ1v) is 4.85. The minimum atomic E-state index is -0.383. The molecule has 0 bridgehead atoms. The number of rotatable bonds is 4. The van der Waals surface area contributed by atoms with Gasteiger partial charge in [0.05, 0.1) is 0 Å². The van der Waals surface area contributed by atoms with E-state index in [1.54, 1.807) is 0 Å². The Balaban J connectivity index is 3.68. The van der Waals surface area contributed by atoms with Crippen LogP contribution in [-0.2, 0) is 9.53 Å². The summed E-state index contributed by atoms with van der Waals surface area (Å²) < 4.78 is 5.09. The fraction of sp³-hybridized carbons (Fsp3) is 0.727. The quantitative estimate of drug-likeness (QED) is 0.381. The summed E-state index contributed by atoms with van der Waals surface area (Å²) in [6.07, 6.45) is 6.62. The van der Waals surface area contributed by atoms with Gasteiger partial charge in [0.15, 0.2) is 0 Å². The summed E-state index contributed by atoms with van der Waals surface area (Å²) in [5.41, 5.74) is -0.383. The number of hydrogen-bond donors (Lipinski definition) is 0. The number of unbranched alkanes of at least 4 members (excludes halogenated alkanes) is 2. The number of allylic oxidation sites excluding steroid dienone is 1. The highest BCUT2D eigenvalue weighted by atomic mass is 16.6. The average Bonchev–Trinajstić information content (AvgIpc) is 1.94. The van der Waals surface area contributed by atoms with Crippen molar-refractivity contribution < 1.29 is 9.53 Å². The highest BCUT2D eigenvalue weighted by Crippen LogP contribution is 2.07. The SMILES string of the molecule is CCCC/C=C/C(=O)OC(C)(C)C. The second-order valence-electron chi connectivity index (χ2n) is 4.08. The van der Waals surface area contributed by atoms with Crippen molar-refractivity contribution in [1.29, 1.82) is 0 Å². The molecular weight excluding hydrogens is 164 g/mol. The van der Waals surface area contributed by atoms with Crippen LogP contribution in [0.4, 0.5) is 0 Å². The van der Waals surface area contributed by atoms with Crippen LogP contribution in [0.5, 0.6) is 0 Å². The van der Waals surface area contributed by atoms with E-state index in [0.717, 1.165) is 19.3 Å². The van der Waals surface area contributed by atoms with Crippen molar-refractivity contribution in [1.82, 2.24) is 0 Å². The summed E-state index contributed by atoms with van der Waals surface area (Å²) in [6, 6.07) is 0. The summed E-state index contributed by atoms with van der Waals surface area (Å²) in [6.45, 7) is 7.72. The molecule has 0 radical (unpaired) electrons.